The lowest BCUT2D eigenvalue weighted by molar-refractivity contribution is -0.118. The Hall–Kier alpha value is -3.25. The molecule has 128 valence electrons. The van der Waals surface area contributed by atoms with Gasteiger partial charge in [0.25, 0.3) is 11.6 Å². The van der Waals surface area contributed by atoms with Crippen LogP contribution in [0.25, 0.3) is 0 Å². The average molecular weight is 361 g/mol. The molecule has 1 amide bonds. The first-order valence-electron chi connectivity index (χ1n) is 7.28. The number of hydrogen-bond acceptors (Lipinski definition) is 7. The van der Waals surface area contributed by atoms with Crippen molar-refractivity contribution in [3.8, 4) is 11.8 Å². The molecule has 0 radical (unpaired) electrons. The lowest BCUT2D eigenvalue weighted by Crippen LogP contribution is -2.53. The molecule has 10 heteroatoms. The van der Waals surface area contributed by atoms with E-state index in [1.807, 2.05) is 6.07 Å². The van der Waals surface area contributed by atoms with E-state index in [0.29, 0.717) is 10.7 Å². The van der Waals surface area contributed by atoms with Crippen LogP contribution in [0.3, 0.4) is 0 Å². The summed E-state index contributed by atoms with van der Waals surface area (Å²) in [6.07, 6.45) is 1.17. The van der Waals surface area contributed by atoms with Gasteiger partial charge in [-0.25, -0.2) is 4.68 Å². The molecule has 0 bridgehead atoms. The monoisotopic (exact) mass is 360 g/mol. The Labute approximate surface area is 147 Å². The summed E-state index contributed by atoms with van der Waals surface area (Å²) in [6, 6.07) is 8.37. The number of fused-ring (bicyclic) bond motifs is 1. The number of nitrogens with one attached hydrogen (secondary N) is 3. The number of halogens is 1. The minimum atomic E-state index is -1.85. The normalized spacial score (nSPS) is 17.6. The van der Waals surface area contributed by atoms with E-state index in [1.165, 1.54) is 11.0 Å². The fourth-order valence-corrected chi connectivity index (χ4v) is 2.49. The first-order valence-corrected chi connectivity index (χ1v) is 7.66. The summed E-state index contributed by atoms with van der Waals surface area (Å²) in [5.74, 6) is -0.620. The Kier molecular flexibility index (Phi) is 4.21. The zero-order valence-corrected chi connectivity index (χ0v) is 13.8. The van der Waals surface area contributed by atoms with Gasteiger partial charge in [0.05, 0.1) is 6.61 Å². The summed E-state index contributed by atoms with van der Waals surface area (Å²) < 4.78 is 6.53. The maximum absolute atomic E-state index is 12.6. The fraction of sp³-hybridized carbons (Fsp3) is 0.200. The van der Waals surface area contributed by atoms with Gasteiger partial charge in [0, 0.05) is 10.7 Å². The van der Waals surface area contributed by atoms with Crippen LogP contribution in [0.4, 0.5) is 11.5 Å². The summed E-state index contributed by atoms with van der Waals surface area (Å²) in [6.45, 7) is 1.93. The van der Waals surface area contributed by atoms with Gasteiger partial charge in [-0.3, -0.25) is 15.0 Å². The van der Waals surface area contributed by atoms with E-state index in [-0.39, 0.29) is 18.2 Å². The van der Waals surface area contributed by atoms with E-state index in [0.717, 1.165) is 0 Å². The number of hydrogen-bond donors (Lipinski definition) is 3. The van der Waals surface area contributed by atoms with Crippen molar-refractivity contribution in [1.82, 2.24) is 9.66 Å². The number of carbonyl (C=O) groups is 1. The summed E-state index contributed by atoms with van der Waals surface area (Å²) in [4.78, 5) is 28.1. The lowest BCUT2D eigenvalue weighted by Gasteiger charge is -2.20. The summed E-state index contributed by atoms with van der Waals surface area (Å²) in [7, 11) is 0. The van der Waals surface area contributed by atoms with Crippen molar-refractivity contribution in [3.05, 3.63) is 46.0 Å². The van der Waals surface area contributed by atoms with Gasteiger partial charge < -0.3 is 15.4 Å². The second kappa shape index (κ2) is 6.33. The van der Waals surface area contributed by atoms with Gasteiger partial charge in [0.15, 0.2) is 5.82 Å². The molecule has 2 aromatic rings. The molecule has 1 unspecified atom stereocenters. The van der Waals surface area contributed by atoms with Crippen molar-refractivity contribution >= 4 is 29.0 Å². The van der Waals surface area contributed by atoms with Crippen molar-refractivity contribution in [3.63, 3.8) is 0 Å². The second-order valence-electron chi connectivity index (χ2n) is 5.09. The molecule has 3 rings (SSSR count). The third-order valence-electron chi connectivity index (χ3n) is 3.41. The summed E-state index contributed by atoms with van der Waals surface area (Å²) in [5.41, 5.74) is 0.641. The highest BCUT2D eigenvalue weighted by Crippen LogP contribution is 2.29. The quantitative estimate of drug-likeness (QED) is 0.747. The number of aromatic nitrogens is 2. The molecule has 1 aromatic heterocycles. The molecule has 0 saturated heterocycles. The first-order chi connectivity index (χ1) is 12.0. The first kappa shape index (κ1) is 16.6. The van der Waals surface area contributed by atoms with Gasteiger partial charge in [-0.2, -0.15) is 10.2 Å². The number of ether oxygens (including phenoxy) is 1. The second-order valence-corrected chi connectivity index (χ2v) is 5.53. The Balaban J connectivity index is 1.92. The van der Waals surface area contributed by atoms with Crippen LogP contribution >= 0.6 is 11.6 Å². The molecule has 1 aliphatic rings. The van der Waals surface area contributed by atoms with Gasteiger partial charge in [0.2, 0.25) is 5.75 Å². The van der Waals surface area contributed by atoms with E-state index in [1.54, 1.807) is 31.2 Å². The van der Waals surface area contributed by atoms with Crippen molar-refractivity contribution < 1.29 is 9.53 Å². The highest BCUT2D eigenvalue weighted by molar-refractivity contribution is 6.30. The van der Waals surface area contributed by atoms with Crippen molar-refractivity contribution in [2.45, 2.75) is 12.6 Å². The van der Waals surface area contributed by atoms with Gasteiger partial charge in [0.1, 0.15) is 12.4 Å². The Morgan fingerprint density at radius 1 is 1.56 bits per heavy atom. The van der Waals surface area contributed by atoms with Crippen LogP contribution in [0, 0.1) is 11.3 Å². The van der Waals surface area contributed by atoms with Crippen LogP contribution in [0.15, 0.2) is 35.4 Å². The molecular weight excluding hydrogens is 348 g/mol. The SMILES string of the molecule is CCOc1c2n(cnc1=O)NC(C#N)(C(=O)Nc1cccc(Cl)c1)N2. The molecule has 25 heavy (non-hydrogen) atoms. The third-order valence-corrected chi connectivity index (χ3v) is 3.65. The highest BCUT2D eigenvalue weighted by atomic mass is 35.5. The minimum Gasteiger partial charge on any atom is -0.485 e. The van der Waals surface area contributed by atoms with Crippen molar-refractivity contribution in [2.24, 2.45) is 0 Å². The number of rotatable bonds is 4. The van der Waals surface area contributed by atoms with Crippen LogP contribution in [-0.4, -0.2) is 27.8 Å². The largest absolute Gasteiger partial charge is 0.485 e. The highest BCUT2D eigenvalue weighted by Gasteiger charge is 2.46. The predicted molar refractivity (Wildman–Crippen MR) is 91.1 cm³/mol. The standard InChI is InChI=1S/C15H13ClN6O3/c1-2-25-11-12-20-15(7-17,21-22(12)8-18-13(11)23)14(24)19-10-5-3-4-9(16)6-10/h3-6,8,20-21H,2H2,1H3,(H,19,24). The fourth-order valence-electron chi connectivity index (χ4n) is 2.30. The van der Waals surface area contributed by atoms with Gasteiger partial charge in [-0.1, -0.05) is 17.7 Å². The number of nitrogens with zero attached hydrogens (tertiary/aromatic N) is 3. The van der Waals surface area contributed by atoms with Crippen LogP contribution in [0.1, 0.15) is 6.92 Å². The Bertz CT molecular complexity index is 938. The van der Waals surface area contributed by atoms with E-state index in [4.69, 9.17) is 16.3 Å². The Morgan fingerprint density at radius 3 is 3.04 bits per heavy atom. The van der Waals surface area contributed by atoms with Crippen LogP contribution in [-0.2, 0) is 4.79 Å². The smallest absolute Gasteiger partial charge is 0.317 e. The molecule has 0 spiro atoms. The van der Waals surface area contributed by atoms with Crippen LogP contribution in [0.5, 0.6) is 5.75 Å². The third kappa shape index (κ3) is 2.95. The summed E-state index contributed by atoms with van der Waals surface area (Å²) in [5, 5.41) is 15.3. The molecule has 0 fully saturated rings. The number of carbonyl (C=O) groups excluding carboxylic acids is 1. The van der Waals surface area contributed by atoms with Crippen molar-refractivity contribution in [2.75, 3.05) is 22.7 Å². The van der Waals surface area contributed by atoms with Crippen LogP contribution < -0.4 is 26.4 Å². The minimum absolute atomic E-state index is 0.0785. The topological polar surface area (TPSA) is 121 Å². The van der Waals surface area contributed by atoms with Gasteiger partial charge >= 0.3 is 5.56 Å². The maximum atomic E-state index is 12.6. The average Bonchev–Trinajstić information content (AvgIpc) is 2.98. The van der Waals surface area contributed by atoms with E-state index in [2.05, 4.69) is 21.0 Å². The van der Waals surface area contributed by atoms with Gasteiger partial charge in [-0.15, -0.1) is 0 Å². The molecule has 0 aliphatic carbocycles. The van der Waals surface area contributed by atoms with Gasteiger partial charge in [-0.05, 0) is 25.1 Å². The molecular formula is C15H13ClN6O3. The summed E-state index contributed by atoms with van der Waals surface area (Å²) >= 11 is 5.89. The molecule has 1 aromatic carbocycles. The number of benzene rings is 1. The molecule has 1 atom stereocenters. The number of anilines is 2. The number of nitriles is 1. The van der Waals surface area contributed by atoms with E-state index < -0.39 is 17.1 Å². The molecule has 3 N–H and O–H groups in total. The lowest BCUT2D eigenvalue weighted by atomic mass is 10.2. The van der Waals surface area contributed by atoms with E-state index >= 15 is 0 Å². The van der Waals surface area contributed by atoms with E-state index in [9.17, 15) is 14.9 Å². The molecule has 0 saturated carbocycles. The molecule has 9 nitrogen and oxygen atoms in total. The molecule has 2 heterocycles. The Morgan fingerprint density at radius 2 is 2.36 bits per heavy atom. The maximum Gasteiger partial charge on any atom is 0.317 e. The number of amides is 1. The van der Waals surface area contributed by atoms with Crippen LogP contribution in [0.2, 0.25) is 5.02 Å². The zero-order valence-electron chi connectivity index (χ0n) is 13.0. The van der Waals surface area contributed by atoms with Crippen molar-refractivity contribution in [1.29, 1.82) is 5.26 Å². The zero-order chi connectivity index (χ0) is 18.0. The predicted octanol–water partition coefficient (Wildman–Crippen LogP) is 1.12. The molecule has 1 aliphatic heterocycles.